The van der Waals surface area contributed by atoms with Crippen LogP contribution < -0.4 is 10.6 Å². The van der Waals surface area contributed by atoms with Crippen LogP contribution in [0.1, 0.15) is 47.9 Å². The van der Waals surface area contributed by atoms with Crippen LogP contribution in [0.4, 0.5) is 0 Å². The van der Waals surface area contributed by atoms with Crippen molar-refractivity contribution in [2.45, 2.75) is 44.3 Å². The van der Waals surface area contributed by atoms with Crippen LogP contribution in [-0.4, -0.2) is 57.8 Å². The molecule has 0 radical (unpaired) electrons. The van der Waals surface area contributed by atoms with E-state index in [1.165, 1.54) is 0 Å². The number of rotatable bonds is 5. The average Bonchev–Trinajstić information content (AvgIpc) is 3.21. The summed E-state index contributed by atoms with van der Waals surface area (Å²) in [5.74, 6) is -0.0549. The van der Waals surface area contributed by atoms with Gasteiger partial charge in [0.1, 0.15) is 5.69 Å². The largest absolute Gasteiger partial charge is 0.348 e. The first-order chi connectivity index (χ1) is 13.3. The molecule has 2 aliphatic rings. The molecule has 2 N–H and O–H groups in total. The van der Waals surface area contributed by atoms with E-state index in [2.05, 4.69) is 31.7 Å². The molecule has 4 rings (SSSR count). The Bertz CT molecular complexity index is 738. The summed E-state index contributed by atoms with van der Waals surface area (Å²) in [6.45, 7) is 4.83. The van der Waals surface area contributed by atoms with Gasteiger partial charge in [-0.2, -0.15) is 5.10 Å². The molecule has 7 nitrogen and oxygen atoms in total. The molecule has 2 aliphatic heterocycles. The molecule has 4 heterocycles. The van der Waals surface area contributed by atoms with Gasteiger partial charge in [0.25, 0.3) is 5.91 Å². The predicted octanol–water partition coefficient (Wildman–Crippen LogP) is 2.02. The third-order valence-electron chi connectivity index (χ3n) is 5.52. The molecule has 2 fully saturated rings. The quantitative estimate of drug-likeness (QED) is 0.797. The van der Waals surface area contributed by atoms with E-state index in [0.29, 0.717) is 11.7 Å². The molecular weight excluding hydrogens is 376 g/mol. The number of likely N-dealkylation sites (tertiary alicyclic amines) is 1. The van der Waals surface area contributed by atoms with E-state index in [-0.39, 0.29) is 24.4 Å². The molecule has 0 saturated carbocycles. The highest BCUT2D eigenvalue weighted by molar-refractivity contribution is 5.92. The van der Waals surface area contributed by atoms with Crippen LogP contribution in [0.2, 0.25) is 0 Å². The second-order valence-electron chi connectivity index (χ2n) is 7.53. The molecular formula is C20H29ClN6O. The van der Waals surface area contributed by atoms with E-state index in [0.717, 1.165) is 64.1 Å². The van der Waals surface area contributed by atoms with Gasteiger partial charge < -0.3 is 10.6 Å². The smallest absolute Gasteiger partial charge is 0.271 e. The fourth-order valence-corrected chi connectivity index (χ4v) is 3.94. The minimum Gasteiger partial charge on any atom is -0.348 e. The second-order valence-corrected chi connectivity index (χ2v) is 7.53. The van der Waals surface area contributed by atoms with Crippen LogP contribution in [0, 0.1) is 0 Å². The lowest BCUT2D eigenvalue weighted by Crippen LogP contribution is -2.44. The molecule has 2 aromatic heterocycles. The van der Waals surface area contributed by atoms with Crippen molar-refractivity contribution in [1.29, 1.82) is 0 Å². The van der Waals surface area contributed by atoms with Gasteiger partial charge in [0, 0.05) is 44.6 Å². The Morgan fingerprint density at radius 3 is 2.79 bits per heavy atom. The van der Waals surface area contributed by atoms with Gasteiger partial charge >= 0.3 is 0 Å². The van der Waals surface area contributed by atoms with Crippen molar-refractivity contribution in [3.63, 3.8) is 0 Å². The van der Waals surface area contributed by atoms with E-state index in [1.807, 2.05) is 35.3 Å². The maximum atomic E-state index is 12.6. The number of amides is 1. The fraction of sp³-hybridized carbons (Fsp3) is 0.550. The van der Waals surface area contributed by atoms with E-state index in [1.54, 1.807) is 0 Å². The molecule has 8 heteroatoms. The highest BCUT2D eigenvalue weighted by atomic mass is 35.5. The van der Waals surface area contributed by atoms with Crippen molar-refractivity contribution in [2.24, 2.45) is 0 Å². The number of aromatic nitrogens is 3. The Morgan fingerprint density at radius 1 is 1.21 bits per heavy atom. The molecule has 0 bridgehead atoms. The van der Waals surface area contributed by atoms with Crippen LogP contribution in [0.25, 0.3) is 0 Å². The lowest BCUT2D eigenvalue weighted by molar-refractivity contribution is 0.0902. The number of hydrogen-bond donors (Lipinski definition) is 2. The number of carbonyl (C=O) groups is 1. The van der Waals surface area contributed by atoms with E-state index >= 15 is 0 Å². The topological polar surface area (TPSA) is 75.1 Å². The molecule has 0 aliphatic carbocycles. The number of hydrogen-bond acceptors (Lipinski definition) is 5. The van der Waals surface area contributed by atoms with Gasteiger partial charge in [-0.3, -0.25) is 19.4 Å². The van der Waals surface area contributed by atoms with Crippen LogP contribution in [0.5, 0.6) is 0 Å². The molecule has 0 aromatic carbocycles. The van der Waals surface area contributed by atoms with E-state index < -0.39 is 0 Å². The lowest BCUT2D eigenvalue weighted by Gasteiger charge is -2.31. The molecule has 28 heavy (non-hydrogen) atoms. The maximum Gasteiger partial charge on any atom is 0.271 e. The van der Waals surface area contributed by atoms with Crippen LogP contribution in [0.15, 0.2) is 36.7 Å². The molecule has 152 valence electrons. The molecule has 2 saturated heterocycles. The Labute approximate surface area is 172 Å². The summed E-state index contributed by atoms with van der Waals surface area (Å²) in [6, 6.07) is 8.44. The zero-order valence-corrected chi connectivity index (χ0v) is 16.9. The van der Waals surface area contributed by atoms with Crippen molar-refractivity contribution in [3.05, 3.63) is 48.0 Å². The Hall–Kier alpha value is -1.96. The van der Waals surface area contributed by atoms with Crippen molar-refractivity contribution in [1.82, 2.24) is 30.3 Å². The number of pyridine rings is 1. The Balaban J connectivity index is 0.00000225. The Morgan fingerprint density at radius 2 is 2.07 bits per heavy atom. The molecule has 1 amide bonds. The summed E-state index contributed by atoms with van der Waals surface area (Å²) in [5, 5.41) is 11.1. The standard InChI is InChI=1S/C20H28N6O.ClH/c27-20(19-8-13-26(24-19)18-5-3-9-21-14-18)23-16-6-11-25(12-7-16)15-17-4-1-2-10-22-17;/h1-2,4,8,10,13,16,18,21H,3,5-7,9,11-12,14-15H2,(H,23,27);1H. The van der Waals surface area contributed by atoms with E-state index in [4.69, 9.17) is 0 Å². The first-order valence-electron chi connectivity index (χ1n) is 9.97. The van der Waals surface area contributed by atoms with Gasteiger partial charge in [-0.1, -0.05) is 6.07 Å². The normalized spacial score (nSPS) is 21.1. The highest BCUT2D eigenvalue weighted by Crippen LogP contribution is 2.17. The number of halogens is 1. The average molecular weight is 405 g/mol. The summed E-state index contributed by atoms with van der Waals surface area (Å²) >= 11 is 0. The zero-order valence-electron chi connectivity index (χ0n) is 16.1. The predicted molar refractivity (Wildman–Crippen MR) is 111 cm³/mol. The summed E-state index contributed by atoms with van der Waals surface area (Å²) < 4.78 is 1.94. The van der Waals surface area contributed by atoms with Crippen molar-refractivity contribution in [3.8, 4) is 0 Å². The summed E-state index contributed by atoms with van der Waals surface area (Å²) in [5.41, 5.74) is 1.62. The highest BCUT2D eigenvalue weighted by Gasteiger charge is 2.23. The number of nitrogens with one attached hydrogen (secondary N) is 2. The third-order valence-corrected chi connectivity index (χ3v) is 5.52. The van der Waals surface area contributed by atoms with Gasteiger partial charge in [-0.15, -0.1) is 12.4 Å². The monoisotopic (exact) mass is 404 g/mol. The summed E-state index contributed by atoms with van der Waals surface area (Å²) in [6.07, 6.45) is 7.97. The van der Waals surface area contributed by atoms with Gasteiger partial charge in [-0.25, -0.2) is 0 Å². The molecule has 1 atom stereocenters. The first-order valence-corrected chi connectivity index (χ1v) is 9.97. The molecule has 0 spiro atoms. The van der Waals surface area contributed by atoms with Crippen molar-refractivity contribution in [2.75, 3.05) is 26.2 Å². The maximum absolute atomic E-state index is 12.6. The van der Waals surface area contributed by atoms with Crippen LogP contribution in [0.3, 0.4) is 0 Å². The summed E-state index contributed by atoms with van der Waals surface area (Å²) in [7, 11) is 0. The van der Waals surface area contributed by atoms with Crippen LogP contribution >= 0.6 is 12.4 Å². The minimum atomic E-state index is -0.0549. The zero-order chi connectivity index (χ0) is 18.5. The van der Waals surface area contributed by atoms with Gasteiger partial charge in [0.05, 0.1) is 11.7 Å². The Kier molecular flexibility index (Phi) is 7.42. The number of nitrogens with zero attached hydrogens (tertiary/aromatic N) is 4. The van der Waals surface area contributed by atoms with Gasteiger partial charge in [0.15, 0.2) is 0 Å². The summed E-state index contributed by atoms with van der Waals surface area (Å²) in [4.78, 5) is 19.3. The van der Waals surface area contributed by atoms with E-state index in [9.17, 15) is 4.79 Å². The van der Waals surface area contributed by atoms with Crippen LogP contribution in [-0.2, 0) is 6.54 Å². The van der Waals surface area contributed by atoms with Gasteiger partial charge in [-0.05, 0) is 50.4 Å². The SMILES string of the molecule is Cl.O=C(NC1CCN(Cc2ccccn2)CC1)c1ccn(C2CCCNC2)n1. The molecule has 2 aromatic rings. The second kappa shape index (κ2) is 10.0. The van der Waals surface area contributed by atoms with Crippen molar-refractivity contribution >= 4 is 18.3 Å². The molecule has 1 unspecified atom stereocenters. The number of carbonyl (C=O) groups excluding carboxylic acids is 1. The lowest BCUT2D eigenvalue weighted by atomic mass is 10.0. The number of piperidine rings is 2. The fourth-order valence-electron chi connectivity index (χ4n) is 3.94. The third kappa shape index (κ3) is 5.31. The first kappa shape index (κ1) is 20.8. The minimum absolute atomic E-state index is 0. The van der Waals surface area contributed by atoms with Gasteiger partial charge in [0.2, 0.25) is 0 Å². The van der Waals surface area contributed by atoms with Crippen molar-refractivity contribution < 1.29 is 4.79 Å².